The van der Waals surface area contributed by atoms with Gasteiger partial charge in [-0.15, -0.1) is 5.11 Å². The predicted molar refractivity (Wildman–Crippen MR) is 81.1 cm³/mol. The van der Waals surface area contributed by atoms with Crippen LogP contribution in [0.2, 0.25) is 20.1 Å². The molecular formula is C12H7Cl4N3. The van der Waals surface area contributed by atoms with E-state index in [0.29, 0.717) is 31.5 Å². The Bertz CT molecular complexity index is 588. The molecule has 0 bridgehead atoms. The SMILES string of the molecule is Clc1cc(Cl)cc(N=NNc2cc(Cl)cc(Cl)c2)c1. The average molecular weight is 335 g/mol. The average Bonchev–Trinajstić information content (AvgIpc) is 2.26. The van der Waals surface area contributed by atoms with E-state index >= 15 is 0 Å². The summed E-state index contributed by atoms with van der Waals surface area (Å²) in [5, 5.41) is 9.76. The summed E-state index contributed by atoms with van der Waals surface area (Å²) in [6.45, 7) is 0. The van der Waals surface area contributed by atoms with Crippen molar-refractivity contribution in [1.29, 1.82) is 0 Å². The predicted octanol–water partition coefficient (Wildman–Crippen LogP) is 6.41. The van der Waals surface area contributed by atoms with Gasteiger partial charge in [-0.2, -0.15) is 0 Å². The summed E-state index contributed by atoms with van der Waals surface area (Å²) in [5.74, 6) is 0. The van der Waals surface area contributed by atoms with E-state index in [1.807, 2.05) is 0 Å². The van der Waals surface area contributed by atoms with Gasteiger partial charge in [0.05, 0.1) is 11.4 Å². The fourth-order valence-electron chi connectivity index (χ4n) is 1.36. The Morgan fingerprint density at radius 3 is 1.68 bits per heavy atom. The van der Waals surface area contributed by atoms with Crippen LogP contribution in [0.4, 0.5) is 11.4 Å². The number of benzene rings is 2. The molecule has 19 heavy (non-hydrogen) atoms. The molecule has 0 aromatic heterocycles. The number of halogens is 4. The van der Waals surface area contributed by atoms with Gasteiger partial charge in [-0.05, 0) is 36.4 Å². The zero-order chi connectivity index (χ0) is 13.8. The fraction of sp³-hybridized carbons (Fsp3) is 0. The third kappa shape index (κ3) is 4.55. The van der Waals surface area contributed by atoms with Crippen LogP contribution in [0.3, 0.4) is 0 Å². The molecule has 0 heterocycles. The molecule has 0 aliphatic carbocycles. The van der Waals surface area contributed by atoms with Crippen LogP contribution in [-0.2, 0) is 0 Å². The zero-order valence-corrected chi connectivity index (χ0v) is 12.4. The van der Waals surface area contributed by atoms with Crippen molar-refractivity contribution in [2.24, 2.45) is 10.3 Å². The molecule has 2 aromatic carbocycles. The van der Waals surface area contributed by atoms with Crippen LogP contribution in [0.5, 0.6) is 0 Å². The summed E-state index contributed by atoms with van der Waals surface area (Å²) in [5.41, 5.74) is 3.89. The van der Waals surface area contributed by atoms with Gasteiger partial charge in [0.25, 0.3) is 0 Å². The molecule has 0 amide bonds. The lowest BCUT2D eigenvalue weighted by molar-refractivity contribution is 1.13. The summed E-state index contributed by atoms with van der Waals surface area (Å²) >= 11 is 23.4. The standard InChI is InChI=1S/C12H7Cl4N3/c13-7-1-8(14)4-11(3-7)17-19-18-12-5-9(15)2-10(16)6-12/h1-6H,(H,17,18). The molecule has 1 N–H and O–H groups in total. The Balaban J connectivity index is 2.11. The number of nitrogens with one attached hydrogen (secondary N) is 1. The van der Waals surface area contributed by atoms with Crippen molar-refractivity contribution >= 4 is 57.8 Å². The molecule has 98 valence electrons. The molecule has 3 nitrogen and oxygen atoms in total. The second kappa shape index (κ2) is 6.44. The Morgan fingerprint density at radius 2 is 1.16 bits per heavy atom. The number of nitrogens with zero attached hydrogens (tertiary/aromatic N) is 2. The van der Waals surface area contributed by atoms with E-state index in [9.17, 15) is 0 Å². The highest BCUT2D eigenvalue weighted by Crippen LogP contribution is 2.25. The molecule has 0 aliphatic rings. The maximum Gasteiger partial charge on any atom is 0.0903 e. The van der Waals surface area contributed by atoms with E-state index in [4.69, 9.17) is 46.4 Å². The minimum Gasteiger partial charge on any atom is -0.260 e. The first-order chi connectivity index (χ1) is 9.02. The van der Waals surface area contributed by atoms with E-state index in [1.165, 1.54) is 0 Å². The Morgan fingerprint density at radius 1 is 0.684 bits per heavy atom. The van der Waals surface area contributed by atoms with E-state index in [0.717, 1.165) is 0 Å². The molecule has 2 aromatic rings. The summed E-state index contributed by atoms with van der Waals surface area (Å²) in [6.07, 6.45) is 0. The molecule has 0 unspecified atom stereocenters. The number of rotatable bonds is 3. The Hall–Kier alpha value is -1.00. The Kier molecular flexibility index (Phi) is 4.88. The van der Waals surface area contributed by atoms with Crippen molar-refractivity contribution < 1.29 is 0 Å². The van der Waals surface area contributed by atoms with Crippen molar-refractivity contribution in [3.8, 4) is 0 Å². The van der Waals surface area contributed by atoms with Crippen LogP contribution in [0, 0.1) is 0 Å². The second-order valence-corrected chi connectivity index (χ2v) is 5.34. The van der Waals surface area contributed by atoms with Crippen LogP contribution < -0.4 is 5.43 Å². The van der Waals surface area contributed by atoms with Crippen LogP contribution >= 0.6 is 46.4 Å². The Labute approximate surface area is 130 Å². The van der Waals surface area contributed by atoms with Gasteiger partial charge in [-0.3, -0.25) is 5.43 Å². The van der Waals surface area contributed by atoms with Gasteiger partial charge in [-0.25, -0.2) is 0 Å². The third-order valence-electron chi connectivity index (χ3n) is 2.05. The van der Waals surface area contributed by atoms with Crippen molar-refractivity contribution in [3.05, 3.63) is 56.5 Å². The molecule has 7 heteroatoms. The van der Waals surface area contributed by atoms with Crippen molar-refractivity contribution in [2.45, 2.75) is 0 Å². The van der Waals surface area contributed by atoms with E-state index in [2.05, 4.69) is 15.8 Å². The fourth-order valence-corrected chi connectivity index (χ4v) is 2.40. The van der Waals surface area contributed by atoms with Crippen LogP contribution in [0.25, 0.3) is 0 Å². The summed E-state index contributed by atoms with van der Waals surface area (Å²) in [7, 11) is 0. The summed E-state index contributed by atoms with van der Waals surface area (Å²) in [6, 6.07) is 9.89. The number of hydrogen-bond donors (Lipinski definition) is 1. The first-order valence-electron chi connectivity index (χ1n) is 5.12. The molecule has 0 radical (unpaired) electrons. The normalized spacial score (nSPS) is 10.9. The molecule has 0 aliphatic heterocycles. The molecule has 0 saturated carbocycles. The largest absolute Gasteiger partial charge is 0.260 e. The maximum absolute atomic E-state index is 5.86. The summed E-state index contributed by atoms with van der Waals surface area (Å²) < 4.78 is 0. The van der Waals surface area contributed by atoms with E-state index in [1.54, 1.807) is 36.4 Å². The van der Waals surface area contributed by atoms with Crippen molar-refractivity contribution in [3.63, 3.8) is 0 Å². The molecule has 2 rings (SSSR count). The topological polar surface area (TPSA) is 36.8 Å². The molecule has 0 fully saturated rings. The lowest BCUT2D eigenvalue weighted by atomic mass is 10.3. The lowest BCUT2D eigenvalue weighted by Gasteiger charge is -2.01. The second-order valence-electron chi connectivity index (χ2n) is 3.60. The lowest BCUT2D eigenvalue weighted by Crippen LogP contribution is -1.86. The van der Waals surface area contributed by atoms with Gasteiger partial charge in [0.15, 0.2) is 0 Å². The minimum absolute atomic E-state index is 0.493. The van der Waals surface area contributed by atoms with Gasteiger partial charge >= 0.3 is 0 Å². The summed E-state index contributed by atoms with van der Waals surface area (Å²) in [4.78, 5) is 0. The van der Waals surface area contributed by atoms with Gasteiger partial charge in [-0.1, -0.05) is 51.6 Å². The van der Waals surface area contributed by atoms with E-state index < -0.39 is 0 Å². The molecule has 0 spiro atoms. The number of hydrogen-bond acceptors (Lipinski definition) is 2. The van der Waals surface area contributed by atoms with Gasteiger partial charge < -0.3 is 0 Å². The molecular weight excluding hydrogens is 328 g/mol. The van der Waals surface area contributed by atoms with Crippen molar-refractivity contribution in [2.75, 3.05) is 5.43 Å². The highest BCUT2D eigenvalue weighted by Gasteiger charge is 1.98. The molecule has 0 saturated heterocycles. The zero-order valence-electron chi connectivity index (χ0n) is 9.37. The van der Waals surface area contributed by atoms with E-state index in [-0.39, 0.29) is 0 Å². The monoisotopic (exact) mass is 333 g/mol. The molecule has 0 atom stereocenters. The van der Waals surface area contributed by atoms with Crippen molar-refractivity contribution in [1.82, 2.24) is 0 Å². The van der Waals surface area contributed by atoms with Crippen LogP contribution in [-0.4, -0.2) is 0 Å². The highest BCUT2D eigenvalue weighted by molar-refractivity contribution is 6.35. The quantitative estimate of drug-likeness (QED) is 0.511. The maximum atomic E-state index is 5.86. The third-order valence-corrected chi connectivity index (χ3v) is 2.93. The van der Waals surface area contributed by atoms with Gasteiger partial charge in [0.1, 0.15) is 0 Å². The first kappa shape index (κ1) is 14.4. The van der Waals surface area contributed by atoms with Crippen LogP contribution in [0.15, 0.2) is 46.7 Å². The van der Waals surface area contributed by atoms with Crippen LogP contribution in [0.1, 0.15) is 0 Å². The number of anilines is 1. The minimum atomic E-state index is 0.493. The highest BCUT2D eigenvalue weighted by atomic mass is 35.5. The van der Waals surface area contributed by atoms with Gasteiger partial charge in [0.2, 0.25) is 0 Å². The smallest absolute Gasteiger partial charge is 0.0903 e. The van der Waals surface area contributed by atoms with Gasteiger partial charge in [0, 0.05) is 20.1 Å². The first-order valence-corrected chi connectivity index (χ1v) is 6.63.